The van der Waals surface area contributed by atoms with Gasteiger partial charge in [0, 0.05) is 5.56 Å². The number of ether oxygens (including phenoxy) is 2. The van der Waals surface area contributed by atoms with Gasteiger partial charge in [-0.15, -0.1) is 0 Å². The van der Waals surface area contributed by atoms with Gasteiger partial charge >= 0.3 is 0 Å². The molecule has 0 radical (unpaired) electrons. The molecule has 4 heteroatoms. The number of rotatable bonds is 5. The van der Waals surface area contributed by atoms with E-state index in [1.54, 1.807) is 32.4 Å². The quantitative estimate of drug-likeness (QED) is 0.682. The summed E-state index contributed by atoms with van der Waals surface area (Å²) in [5.41, 5.74) is 2.11. The van der Waals surface area contributed by atoms with Gasteiger partial charge in [-0.3, -0.25) is 4.79 Å². The van der Waals surface area contributed by atoms with E-state index in [1.165, 1.54) is 12.3 Å². The molecule has 0 bridgehead atoms. The Balaban J connectivity index is 2.31. The number of hydrogen-bond donors (Lipinski definition) is 0. The molecule has 0 aliphatic carbocycles. The first-order valence-electron chi connectivity index (χ1n) is 7.76. The largest absolute Gasteiger partial charge is 0.493 e. The monoisotopic (exact) mass is 334 g/mol. The second kappa shape index (κ2) is 7.09. The maximum Gasteiger partial charge on any atom is 0.201 e. The van der Waals surface area contributed by atoms with Gasteiger partial charge in [-0.1, -0.05) is 49.0 Å². The van der Waals surface area contributed by atoms with Crippen molar-refractivity contribution in [2.45, 2.75) is 0 Å². The average Bonchev–Trinajstić information content (AvgIpc) is 2.67. The Hall–Kier alpha value is -3.27. The third kappa shape index (κ3) is 2.94. The predicted octanol–water partition coefficient (Wildman–Crippen LogP) is 4.63. The lowest BCUT2D eigenvalue weighted by molar-refractivity contribution is 0.356. The van der Waals surface area contributed by atoms with Gasteiger partial charge in [-0.25, -0.2) is 0 Å². The Morgan fingerprint density at radius 2 is 1.72 bits per heavy atom. The fourth-order valence-corrected chi connectivity index (χ4v) is 2.79. The highest BCUT2D eigenvalue weighted by Gasteiger charge is 2.19. The first-order chi connectivity index (χ1) is 12.2. The van der Waals surface area contributed by atoms with Crippen molar-refractivity contribution >= 4 is 6.08 Å². The molecule has 25 heavy (non-hydrogen) atoms. The molecule has 0 spiro atoms. The van der Waals surface area contributed by atoms with Crippen molar-refractivity contribution in [2.24, 2.45) is 0 Å². The highest BCUT2D eigenvalue weighted by molar-refractivity contribution is 5.80. The third-order valence-electron chi connectivity index (χ3n) is 3.96. The van der Waals surface area contributed by atoms with Crippen LogP contribution in [0.25, 0.3) is 28.3 Å². The van der Waals surface area contributed by atoms with E-state index in [0.717, 1.165) is 5.56 Å². The Labute approximate surface area is 146 Å². The maximum atomic E-state index is 13.2. The van der Waals surface area contributed by atoms with Gasteiger partial charge in [0.2, 0.25) is 5.43 Å². The summed E-state index contributed by atoms with van der Waals surface area (Å²) in [6, 6.07) is 14.8. The Bertz CT molecular complexity index is 955. The number of benzene rings is 2. The molecule has 0 aliphatic rings. The summed E-state index contributed by atoms with van der Waals surface area (Å²) in [6.45, 7) is 3.74. The van der Waals surface area contributed by atoms with E-state index >= 15 is 0 Å². The van der Waals surface area contributed by atoms with Gasteiger partial charge < -0.3 is 13.9 Å². The summed E-state index contributed by atoms with van der Waals surface area (Å²) in [5.74, 6) is 1.47. The van der Waals surface area contributed by atoms with E-state index < -0.39 is 0 Å². The van der Waals surface area contributed by atoms with Gasteiger partial charge in [-0.05, 0) is 17.7 Å². The van der Waals surface area contributed by atoms with Crippen molar-refractivity contribution in [3.05, 3.63) is 77.4 Å². The minimum absolute atomic E-state index is 0.154. The zero-order valence-electron chi connectivity index (χ0n) is 14.1. The fourth-order valence-electron chi connectivity index (χ4n) is 2.79. The summed E-state index contributed by atoms with van der Waals surface area (Å²) in [7, 11) is 3.10. The molecule has 0 fully saturated rings. The second-order valence-electron chi connectivity index (χ2n) is 5.33. The van der Waals surface area contributed by atoms with Crippen molar-refractivity contribution in [1.82, 2.24) is 0 Å². The summed E-state index contributed by atoms with van der Waals surface area (Å²) < 4.78 is 16.5. The highest BCUT2D eigenvalue weighted by Crippen LogP contribution is 2.37. The van der Waals surface area contributed by atoms with E-state index in [4.69, 9.17) is 13.9 Å². The first-order valence-corrected chi connectivity index (χ1v) is 7.76. The zero-order chi connectivity index (χ0) is 17.8. The van der Waals surface area contributed by atoms with Crippen molar-refractivity contribution in [3.8, 4) is 33.8 Å². The van der Waals surface area contributed by atoms with E-state index in [-0.39, 0.29) is 5.43 Å². The van der Waals surface area contributed by atoms with Gasteiger partial charge in [0.15, 0.2) is 11.5 Å². The average molecular weight is 334 g/mol. The standard InChI is InChI=1S/C21H18O4/c1-4-17-19(14-9-6-5-7-10-14)20(22)16(13-25-17)15-11-8-12-18(23-2)21(15)24-3/h4-13H,1H2,2-3H3. The zero-order valence-corrected chi connectivity index (χ0v) is 14.1. The van der Waals surface area contributed by atoms with Crippen molar-refractivity contribution in [3.63, 3.8) is 0 Å². The normalized spacial score (nSPS) is 10.3. The van der Waals surface area contributed by atoms with E-state index in [0.29, 0.717) is 33.9 Å². The molecule has 0 atom stereocenters. The highest BCUT2D eigenvalue weighted by atomic mass is 16.5. The molecule has 0 aliphatic heterocycles. The number of methoxy groups -OCH3 is 2. The van der Waals surface area contributed by atoms with Crippen LogP contribution in [-0.2, 0) is 0 Å². The molecule has 0 unspecified atom stereocenters. The molecule has 0 saturated carbocycles. The lowest BCUT2D eigenvalue weighted by Gasteiger charge is -2.13. The SMILES string of the molecule is C=Cc1occ(-c2cccc(OC)c2OC)c(=O)c1-c1ccccc1. The fraction of sp³-hybridized carbons (Fsp3) is 0.0952. The van der Waals surface area contributed by atoms with Crippen LogP contribution in [0, 0.1) is 0 Å². The first kappa shape index (κ1) is 16.6. The van der Waals surface area contributed by atoms with Gasteiger partial charge in [-0.2, -0.15) is 0 Å². The van der Waals surface area contributed by atoms with Crippen LogP contribution < -0.4 is 14.9 Å². The molecule has 3 rings (SSSR count). The molecular weight excluding hydrogens is 316 g/mol. The van der Waals surface area contributed by atoms with Gasteiger partial charge in [0.05, 0.1) is 25.3 Å². The molecule has 0 amide bonds. The summed E-state index contributed by atoms with van der Waals surface area (Å²) in [4.78, 5) is 13.2. The maximum absolute atomic E-state index is 13.2. The molecule has 1 aromatic heterocycles. The molecule has 4 nitrogen and oxygen atoms in total. The van der Waals surface area contributed by atoms with Crippen LogP contribution in [0.15, 0.2) is 70.6 Å². The summed E-state index contributed by atoms with van der Waals surface area (Å²) in [5, 5.41) is 0. The Morgan fingerprint density at radius 3 is 2.36 bits per heavy atom. The number of hydrogen-bond acceptors (Lipinski definition) is 4. The Morgan fingerprint density at radius 1 is 0.960 bits per heavy atom. The second-order valence-corrected chi connectivity index (χ2v) is 5.33. The van der Waals surface area contributed by atoms with E-state index in [9.17, 15) is 4.79 Å². The molecule has 0 saturated heterocycles. The van der Waals surface area contributed by atoms with Crippen LogP contribution >= 0.6 is 0 Å². The predicted molar refractivity (Wildman–Crippen MR) is 99.0 cm³/mol. The molecule has 126 valence electrons. The van der Waals surface area contributed by atoms with Crippen LogP contribution in [0.4, 0.5) is 0 Å². The molecule has 3 aromatic rings. The molecular formula is C21H18O4. The van der Waals surface area contributed by atoms with Crippen molar-refractivity contribution < 1.29 is 13.9 Å². The molecule has 1 heterocycles. The summed E-state index contributed by atoms with van der Waals surface area (Å²) in [6.07, 6.45) is 2.97. The van der Waals surface area contributed by atoms with E-state index in [1.807, 2.05) is 30.3 Å². The van der Waals surface area contributed by atoms with Crippen LogP contribution in [0.1, 0.15) is 5.76 Å². The van der Waals surface area contributed by atoms with Crippen LogP contribution in [0.2, 0.25) is 0 Å². The lowest BCUT2D eigenvalue weighted by Crippen LogP contribution is -2.10. The van der Waals surface area contributed by atoms with Crippen molar-refractivity contribution in [2.75, 3.05) is 14.2 Å². The number of para-hydroxylation sites is 1. The van der Waals surface area contributed by atoms with E-state index in [2.05, 4.69) is 6.58 Å². The topological polar surface area (TPSA) is 48.7 Å². The molecule has 2 aromatic carbocycles. The van der Waals surface area contributed by atoms with Crippen LogP contribution in [0.3, 0.4) is 0 Å². The summed E-state index contributed by atoms with van der Waals surface area (Å²) >= 11 is 0. The van der Waals surface area contributed by atoms with Crippen LogP contribution in [-0.4, -0.2) is 14.2 Å². The van der Waals surface area contributed by atoms with Gasteiger partial charge in [0.25, 0.3) is 0 Å². The Kier molecular flexibility index (Phi) is 4.70. The molecule has 0 N–H and O–H groups in total. The van der Waals surface area contributed by atoms with Crippen LogP contribution in [0.5, 0.6) is 11.5 Å². The van der Waals surface area contributed by atoms with Crippen molar-refractivity contribution in [1.29, 1.82) is 0 Å². The smallest absolute Gasteiger partial charge is 0.201 e. The minimum Gasteiger partial charge on any atom is -0.493 e. The lowest BCUT2D eigenvalue weighted by atomic mass is 9.98. The third-order valence-corrected chi connectivity index (χ3v) is 3.96. The van der Waals surface area contributed by atoms with Gasteiger partial charge in [0.1, 0.15) is 12.0 Å². The minimum atomic E-state index is -0.154.